The maximum atomic E-state index is 12.3. The molecule has 1 aliphatic rings. The molecule has 166 valence electrons. The molecule has 1 saturated heterocycles. The van der Waals surface area contributed by atoms with E-state index in [2.05, 4.69) is 25.7 Å². The monoisotopic (exact) mass is 490 g/mol. The summed E-state index contributed by atoms with van der Waals surface area (Å²) in [5.74, 6) is 0.222. The van der Waals surface area contributed by atoms with Gasteiger partial charge in [-0.2, -0.15) is 0 Å². The van der Waals surface area contributed by atoms with E-state index in [9.17, 15) is 9.59 Å². The number of halogens is 1. The zero-order valence-electron chi connectivity index (χ0n) is 18.2. The van der Waals surface area contributed by atoms with Crippen LogP contribution in [0.5, 0.6) is 5.75 Å². The average molecular weight is 491 g/mol. The van der Waals surface area contributed by atoms with E-state index in [-0.39, 0.29) is 12.2 Å². The van der Waals surface area contributed by atoms with Gasteiger partial charge in [0.2, 0.25) is 0 Å². The van der Waals surface area contributed by atoms with Crippen molar-refractivity contribution in [2.75, 3.05) is 20.2 Å². The number of nitrogens with zero attached hydrogens (tertiary/aromatic N) is 2. The number of hydrogen-bond acceptors (Lipinski definition) is 6. The summed E-state index contributed by atoms with van der Waals surface area (Å²) in [4.78, 5) is 30.0. The first kappa shape index (κ1) is 23.1. The maximum Gasteiger partial charge on any atom is 0.410 e. The van der Waals surface area contributed by atoms with Gasteiger partial charge in [0, 0.05) is 41.9 Å². The molecule has 1 aliphatic heterocycles. The number of carbonyl (C=O) groups is 2. The fraction of sp³-hybridized carbons (Fsp3) is 0.435. The first-order chi connectivity index (χ1) is 14.6. The molecule has 0 N–H and O–H groups in total. The van der Waals surface area contributed by atoms with E-state index in [4.69, 9.17) is 9.47 Å². The van der Waals surface area contributed by atoms with Crippen LogP contribution in [-0.4, -0.2) is 53.9 Å². The number of methoxy groups -OCH3 is 1. The van der Waals surface area contributed by atoms with E-state index in [1.807, 2.05) is 45.0 Å². The minimum absolute atomic E-state index is 0.0349. The minimum Gasteiger partial charge on any atom is -0.488 e. The summed E-state index contributed by atoms with van der Waals surface area (Å²) in [5, 5.41) is 0.922. The summed E-state index contributed by atoms with van der Waals surface area (Å²) in [6, 6.07) is 7.62. The van der Waals surface area contributed by atoms with Crippen LogP contribution in [0, 0.1) is 0 Å². The lowest BCUT2D eigenvalue weighted by Gasteiger charge is -2.33. The summed E-state index contributed by atoms with van der Waals surface area (Å²) in [6.45, 7) is 6.74. The van der Waals surface area contributed by atoms with Crippen LogP contribution in [0.15, 0.2) is 34.8 Å². The largest absolute Gasteiger partial charge is 0.488 e. The standard InChI is InChI=1S/C23H27BrN2O5/c1-23(2,3)31-22(28)26-11-9-18(10-12-26)30-19-14-16(24)13-15-5-6-17(25-21(15)19)7-8-20(27)29-4/h5-8,13-14,18H,9-12H2,1-4H3/b8-7+. The molecule has 1 aromatic heterocycles. The van der Waals surface area contributed by atoms with Gasteiger partial charge in [0.1, 0.15) is 23.0 Å². The summed E-state index contributed by atoms with van der Waals surface area (Å²) in [7, 11) is 1.33. The number of esters is 1. The molecule has 0 saturated carbocycles. The second kappa shape index (κ2) is 9.68. The van der Waals surface area contributed by atoms with Gasteiger partial charge in [0.25, 0.3) is 0 Å². The van der Waals surface area contributed by atoms with Crippen molar-refractivity contribution in [3.63, 3.8) is 0 Å². The molecule has 31 heavy (non-hydrogen) atoms. The van der Waals surface area contributed by atoms with Crippen LogP contribution in [0.4, 0.5) is 4.79 Å². The lowest BCUT2D eigenvalue weighted by atomic mass is 10.1. The number of hydrogen-bond donors (Lipinski definition) is 0. The molecule has 0 bridgehead atoms. The van der Waals surface area contributed by atoms with Gasteiger partial charge in [0.05, 0.1) is 12.8 Å². The van der Waals surface area contributed by atoms with Crippen LogP contribution in [0.3, 0.4) is 0 Å². The molecular weight excluding hydrogens is 464 g/mol. The molecule has 2 aromatic rings. The lowest BCUT2D eigenvalue weighted by molar-refractivity contribution is -0.134. The summed E-state index contributed by atoms with van der Waals surface area (Å²) < 4.78 is 17.3. The van der Waals surface area contributed by atoms with Gasteiger partial charge in [-0.15, -0.1) is 0 Å². The topological polar surface area (TPSA) is 78.0 Å². The first-order valence-electron chi connectivity index (χ1n) is 10.2. The molecule has 1 fully saturated rings. The quantitative estimate of drug-likeness (QED) is 0.445. The lowest BCUT2D eigenvalue weighted by Crippen LogP contribution is -2.44. The van der Waals surface area contributed by atoms with E-state index in [0.29, 0.717) is 42.9 Å². The number of ether oxygens (including phenoxy) is 3. The van der Waals surface area contributed by atoms with Crippen molar-refractivity contribution in [1.29, 1.82) is 0 Å². The third kappa shape index (κ3) is 6.43. The van der Waals surface area contributed by atoms with Crippen molar-refractivity contribution in [1.82, 2.24) is 9.88 Å². The van der Waals surface area contributed by atoms with E-state index in [1.54, 1.807) is 11.0 Å². The number of aromatic nitrogens is 1. The Bertz CT molecular complexity index is 991. The first-order valence-corrected chi connectivity index (χ1v) is 10.9. The fourth-order valence-corrected chi connectivity index (χ4v) is 3.70. The third-order valence-corrected chi connectivity index (χ3v) is 5.18. The van der Waals surface area contributed by atoms with E-state index < -0.39 is 11.6 Å². The maximum absolute atomic E-state index is 12.3. The molecular formula is C23H27BrN2O5. The molecule has 0 unspecified atom stereocenters. The summed E-state index contributed by atoms with van der Waals surface area (Å²) in [5.41, 5.74) is 0.834. The van der Waals surface area contributed by atoms with Crippen molar-refractivity contribution >= 4 is 45.0 Å². The van der Waals surface area contributed by atoms with Crippen LogP contribution in [0.2, 0.25) is 0 Å². The summed E-state index contributed by atoms with van der Waals surface area (Å²) in [6.07, 6.45) is 4.02. The number of piperidine rings is 1. The highest BCUT2D eigenvalue weighted by Crippen LogP contribution is 2.31. The summed E-state index contributed by atoms with van der Waals surface area (Å²) >= 11 is 3.53. The van der Waals surface area contributed by atoms with Gasteiger partial charge >= 0.3 is 12.1 Å². The average Bonchev–Trinajstić information content (AvgIpc) is 2.71. The Labute approximate surface area is 190 Å². The van der Waals surface area contributed by atoms with Gasteiger partial charge < -0.3 is 19.1 Å². The van der Waals surface area contributed by atoms with Crippen LogP contribution in [0.1, 0.15) is 39.3 Å². The van der Waals surface area contributed by atoms with Gasteiger partial charge in [-0.05, 0) is 45.0 Å². The van der Waals surface area contributed by atoms with Gasteiger partial charge in [-0.25, -0.2) is 14.6 Å². The van der Waals surface area contributed by atoms with Crippen LogP contribution in [-0.2, 0) is 14.3 Å². The molecule has 0 radical (unpaired) electrons. The Hall–Kier alpha value is -2.61. The molecule has 0 aliphatic carbocycles. The Morgan fingerprint density at radius 3 is 2.55 bits per heavy atom. The van der Waals surface area contributed by atoms with Crippen molar-refractivity contribution in [2.24, 2.45) is 0 Å². The van der Waals surface area contributed by atoms with Crippen molar-refractivity contribution < 1.29 is 23.8 Å². The Morgan fingerprint density at radius 2 is 1.90 bits per heavy atom. The van der Waals surface area contributed by atoms with Gasteiger partial charge in [-0.3, -0.25) is 0 Å². The van der Waals surface area contributed by atoms with Crippen LogP contribution >= 0.6 is 15.9 Å². The van der Waals surface area contributed by atoms with E-state index in [0.717, 1.165) is 9.86 Å². The van der Waals surface area contributed by atoms with Crippen LogP contribution in [0.25, 0.3) is 17.0 Å². The van der Waals surface area contributed by atoms with Crippen molar-refractivity contribution in [3.8, 4) is 5.75 Å². The smallest absolute Gasteiger partial charge is 0.410 e. The zero-order valence-corrected chi connectivity index (χ0v) is 19.8. The molecule has 1 amide bonds. The van der Waals surface area contributed by atoms with Crippen molar-refractivity contribution in [3.05, 3.63) is 40.5 Å². The highest BCUT2D eigenvalue weighted by atomic mass is 79.9. The third-order valence-electron chi connectivity index (χ3n) is 4.72. The normalized spacial score (nSPS) is 15.3. The Kier molecular flexibility index (Phi) is 7.20. The van der Waals surface area contributed by atoms with E-state index in [1.165, 1.54) is 13.2 Å². The molecule has 7 nitrogen and oxygen atoms in total. The predicted molar refractivity (Wildman–Crippen MR) is 122 cm³/mol. The Morgan fingerprint density at radius 1 is 1.19 bits per heavy atom. The number of benzene rings is 1. The number of likely N-dealkylation sites (tertiary alicyclic amines) is 1. The molecule has 1 aromatic carbocycles. The molecule has 2 heterocycles. The molecule has 0 spiro atoms. The number of rotatable bonds is 4. The van der Waals surface area contributed by atoms with Gasteiger partial charge in [-0.1, -0.05) is 22.0 Å². The highest BCUT2D eigenvalue weighted by Gasteiger charge is 2.28. The second-order valence-electron chi connectivity index (χ2n) is 8.35. The van der Waals surface area contributed by atoms with Gasteiger partial charge in [0.15, 0.2) is 0 Å². The SMILES string of the molecule is COC(=O)/C=C/c1ccc2cc(Br)cc(OC3CCN(C(=O)OC(C)(C)C)CC3)c2n1. The highest BCUT2D eigenvalue weighted by molar-refractivity contribution is 9.10. The van der Waals surface area contributed by atoms with Crippen LogP contribution < -0.4 is 4.74 Å². The van der Waals surface area contributed by atoms with Crippen molar-refractivity contribution in [2.45, 2.75) is 45.3 Å². The molecule has 3 rings (SSSR count). The minimum atomic E-state index is -0.509. The number of carbonyl (C=O) groups excluding carboxylic acids is 2. The molecule has 0 atom stereocenters. The number of fused-ring (bicyclic) bond motifs is 1. The fourth-order valence-electron chi connectivity index (χ4n) is 3.25. The second-order valence-corrected chi connectivity index (χ2v) is 9.27. The predicted octanol–water partition coefficient (Wildman–Crippen LogP) is 4.96. The zero-order chi connectivity index (χ0) is 22.6. The van der Waals surface area contributed by atoms with E-state index >= 15 is 0 Å². The number of pyridine rings is 1. The number of amides is 1. The molecule has 8 heteroatoms. The Balaban J connectivity index is 1.73.